The van der Waals surface area contributed by atoms with Gasteiger partial charge >= 0.3 is 0 Å². The molecule has 39 heavy (non-hydrogen) atoms. The van der Waals surface area contributed by atoms with Crippen LogP contribution in [0.15, 0.2) is 83.8 Å². The Labute approximate surface area is 232 Å². The number of carbonyl (C=O) groups is 2. The van der Waals surface area contributed by atoms with Gasteiger partial charge in [-0.1, -0.05) is 74.9 Å². The number of hydrogen-bond acceptors (Lipinski definition) is 4. The molecule has 208 valence electrons. The number of hydrogen-bond donors (Lipinski definition) is 1. The van der Waals surface area contributed by atoms with Crippen LogP contribution in [0.5, 0.6) is 0 Å². The normalized spacial score (nSPS) is 12.0. The molecule has 7 nitrogen and oxygen atoms in total. The molecule has 0 aromatic heterocycles. The van der Waals surface area contributed by atoms with Gasteiger partial charge in [-0.3, -0.25) is 13.9 Å². The van der Waals surface area contributed by atoms with Crippen LogP contribution >= 0.6 is 0 Å². The molecule has 0 aliphatic rings. The van der Waals surface area contributed by atoms with Crippen LogP contribution in [-0.2, 0) is 26.2 Å². The smallest absolute Gasteiger partial charge is 0.264 e. The van der Waals surface area contributed by atoms with E-state index in [2.05, 4.69) is 5.32 Å². The Morgan fingerprint density at radius 2 is 1.51 bits per heavy atom. The molecule has 0 saturated carbocycles. The van der Waals surface area contributed by atoms with E-state index in [1.54, 1.807) is 30.3 Å². The molecule has 0 bridgehead atoms. The zero-order valence-corrected chi connectivity index (χ0v) is 24.1. The molecule has 0 aliphatic carbocycles. The fraction of sp³-hybridized carbons (Fsp3) is 0.355. The van der Waals surface area contributed by atoms with Gasteiger partial charge in [0.25, 0.3) is 10.0 Å². The van der Waals surface area contributed by atoms with E-state index < -0.39 is 28.5 Å². The number of benzene rings is 3. The third-order valence-electron chi connectivity index (χ3n) is 6.80. The van der Waals surface area contributed by atoms with Crippen LogP contribution in [0, 0.1) is 13.8 Å². The van der Waals surface area contributed by atoms with E-state index in [0.29, 0.717) is 18.7 Å². The molecule has 0 heterocycles. The maximum absolute atomic E-state index is 14.0. The Kier molecular flexibility index (Phi) is 10.7. The number of rotatable bonds is 13. The highest BCUT2D eigenvalue weighted by Gasteiger charge is 2.33. The Balaban J connectivity index is 2.03. The molecule has 8 heteroatoms. The predicted molar refractivity (Wildman–Crippen MR) is 156 cm³/mol. The maximum atomic E-state index is 14.0. The van der Waals surface area contributed by atoms with Gasteiger partial charge < -0.3 is 10.2 Å². The lowest BCUT2D eigenvalue weighted by Gasteiger charge is -2.33. The number of sulfonamides is 1. The predicted octanol–water partition coefficient (Wildman–Crippen LogP) is 5.22. The molecular formula is C31H39N3O4S. The second-order valence-corrected chi connectivity index (χ2v) is 11.5. The van der Waals surface area contributed by atoms with Crippen molar-refractivity contribution in [1.82, 2.24) is 10.2 Å². The number of nitrogens with one attached hydrogen (secondary N) is 1. The molecule has 1 N–H and O–H groups in total. The van der Waals surface area contributed by atoms with Crippen molar-refractivity contribution < 1.29 is 18.0 Å². The van der Waals surface area contributed by atoms with E-state index in [1.165, 1.54) is 17.0 Å². The second-order valence-electron chi connectivity index (χ2n) is 9.67. The van der Waals surface area contributed by atoms with Crippen molar-refractivity contribution >= 4 is 27.5 Å². The average Bonchev–Trinajstić information content (AvgIpc) is 2.94. The van der Waals surface area contributed by atoms with Crippen molar-refractivity contribution in [2.24, 2.45) is 0 Å². The first-order valence-electron chi connectivity index (χ1n) is 13.4. The van der Waals surface area contributed by atoms with Crippen molar-refractivity contribution in [2.45, 2.75) is 64.4 Å². The zero-order chi connectivity index (χ0) is 28.4. The monoisotopic (exact) mass is 549 g/mol. The molecule has 0 radical (unpaired) electrons. The van der Waals surface area contributed by atoms with Crippen LogP contribution in [0.25, 0.3) is 0 Å². The Bertz CT molecular complexity index is 1340. The summed E-state index contributed by atoms with van der Waals surface area (Å²) < 4.78 is 28.9. The van der Waals surface area contributed by atoms with Crippen molar-refractivity contribution in [3.63, 3.8) is 0 Å². The lowest BCUT2D eigenvalue weighted by molar-refractivity contribution is -0.140. The number of nitrogens with zero attached hydrogens (tertiary/aromatic N) is 2. The van der Waals surface area contributed by atoms with E-state index in [-0.39, 0.29) is 17.3 Å². The zero-order valence-electron chi connectivity index (χ0n) is 23.3. The molecule has 0 saturated heterocycles. The van der Waals surface area contributed by atoms with E-state index in [0.717, 1.165) is 33.8 Å². The van der Waals surface area contributed by atoms with E-state index in [1.807, 2.05) is 64.1 Å². The minimum atomic E-state index is -4.07. The van der Waals surface area contributed by atoms with Gasteiger partial charge in [-0.05, 0) is 67.6 Å². The van der Waals surface area contributed by atoms with E-state index >= 15 is 0 Å². The molecule has 0 spiro atoms. The fourth-order valence-electron chi connectivity index (χ4n) is 4.33. The summed E-state index contributed by atoms with van der Waals surface area (Å²) in [4.78, 5) is 28.8. The SMILES string of the molecule is CCCCNC(=O)[C@H](CC)N(Cc1ccccc1)C(=O)CN(c1ccc(C)c(C)c1)S(=O)(=O)c1ccccc1. The molecule has 0 unspecified atom stereocenters. The van der Waals surface area contributed by atoms with Crippen molar-refractivity contribution in [3.05, 3.63) is 95.6 Å². The second kappa shape index (κ2) is 13.9. The molecule has 0 fully saturated rings. The fourth-order valence-corrected chi connectivity index (χ4v) is 5.76. The summed E-state index contributed by atoms with van der Waals surface area (Å²) in [5.74, 6) is -0.687. The maximum Gasteiger partial charge on any atom is 0.264 e. The summed E-state index contributed by atoms with van der Waals surface area (Å²) in [5.41, 5.74) is 3.18. The van der Waals surface area contributed by atoms with Gasteiger partial charge in [0.2, 0.25) is 11.8 Å². The molecule has 3 aromatic rings. The van der Waals surface area contributed by atoms with Crippen molar-refractivity contribution in [3.8, 4) is 0 Å². The van der Waals surface area contributed by atoms with Crippen LogP contribution < -0.4 is 9.62 Å². The minimum absolute atomic E-state index is 0.0926. The van der Waals surface area contributed by atoms with Crippen LogP contribution in [0.1, 0.15) is 49.8 Å². The molecule has 0 aliphatic heterocycles. The third-order valence-corrected chi connectivity index (χ3v) is 8.59. The number of anilines is 1. The van der Waals surface area contributed by atoms with Gasteiger partial charge in [0.05, 0.1) is 10.6 Å². The molecule has 1 atom stereocenters. The molecule has 2 amide bonds. The van der Waals surface area contributed by atoms with Crippen LogP contribution in [0.4, 0.5) is 5.69 Å². The Morgan fingerprint density at radius 3 is 2.10 bits per heavy atom. The van der Waals surface area contributed by atoms with E-state index in [9.17, 15) is 18.0 Å². The van der Waals surface area contributed by atoms with Crippen molar-refractivity contribution in [1.29, 1.82) is 0 Å². The number of carbonyl (C=O) groups excluding carboxylic acids is 2. The molecular weight excluding hydrogens is 510 g/mol. The van der Waals surface area contributed by atoms with Crippen molar-refractivity contribution in [2.75, 3.05) is 17.4 Å². The lowest BCUT2D eigenvalue weighted by atomic mass is 10.1. The first-order valence-corrected chi connectivity index (χ1v) is 14.9. The highest BCUT2D eigenvalue weighted by Crippen LogP contribution is 2.26. The van der Waals surface area contributed by atoms with Crippen LogP contribution in [-0.4, -0.2) is 44.3 Å². The number of aryl methyl sites for hydroxylation is 2. The first kappa shape index (κ1) is 29.9. The molecule has 3 rings (SSSR count). The quantitative estimate of drug-likeness (QED) is 0.296. The number of amides is 2. The summed E-state index contributed by atoms with van der Waals surface area (Å²) in [6.45, 7) is 8.03. The molecule has 3 aromatic carbocycles. The minimum Gasteiger partial charge on any atom is -0.354 e. The summed E-state index contributed by atoms with van der Waals surface area (Å²) in [6.07, 6.45) is 2.17. The van der Waals surface area contributed by atoms with Gasteiger partial charge in [-0.15, -0.1) is 0 Å². The lowest BCUT2D eigenvalue weighted by Crippen LogP contribution is -2.52. The largest absolute Gasteiger partial charge is 0.354 e. The Morgan fingerprint density at radius 1 is 0.872 bits per heavy atom. The van der Waals surface area contributed by atoms with Gasteiger partial charge in [-0.25, -0.2) is 8.42 Å². The average molecular weight is 550 g/mol. The first-order chi connectivity index (χ1) is 18.7. The highest BCUT2D eigenvalue weighted by molar-refractivity contribution is 7.92. The standard InChI is InChI=1S/C31H39N3O4S/c1-5-7-20-32-31(36)29(6-2)33(22-26-14-10-8-11-15-26)30(35)23-34(27-19-18-24(3)25(4)21-27)39(37,38)28-16-12-9-13-17-28/h8-19,21,29H,5-7,20,22-23H2,1-4H3,(H,32,36)/t29-/m0/s1. The van der Waals surface area contributed by atoms with E-state index in [4.69, 9.17) is 0 Å². The van der Waals surface area contributed by atoms with Crippen LogP contribution in [0.2, 0.25) is 0 Å². The highest BCUT2D eigenvalue weighted by atomic mass is 32.2. The topological polar surface area (TPSA) is 86.8 Å². The summed E-state index contributed by atoms with van der Waals surface area (Å²) >= 11 is 0. The summed E-state index contributed by atoms with van der Waals surface area (Å²) in [7, 11) is -4.07. The van der Waals surface area contributed by atoms with Crippen LogP contribution in [0.3, 0.4) is 0 Å². The number of unbranched alkanes of at least 4 members (excludes halogenated alkanes) is 1. The van der Waals surface area contributed by atoms with Gasteiger partial charge in [0.15, 0.2) is 0 Å². The summed E-state index contributed by atoms with van der Waals surface area (Å²) in [5, 5.41) is 2.95. The summed E-state index contributed by atoms with van der Waals surface area (Å²) in [6, 6.07) is 22.1. The third kappa shape index (κ3) is 7.69. The Hall–Kier alpha value is -3.65. The van der Waals surface area contributed by atoms with Gasteiger partial charge in [0, 0.05) is 13.1 Å². The van der Waals surface area contributed by atoms with Gasteiger partial charge in [-0.2, -0.15) is 0 Å². The van der Waals surface area contributed by atoms with Gasteiger partial charge in [0.1, 0.15) is 12.6 Å².